The van der Waals surface area contributed by atoms with Gasteiger partial charge in [0.25, 0.3) is 5.91 Å². The smallest absolute Gasteiger partial charge is 0.255 e. The van der Waals surface area contributed by atoms with Crippen LogP contribution in [-0.2, 0) is 0 Å². The van der Waals surface area contributed by atoms with Gasteiger partial charge in [0.1, 0.15) is 17.8 Å². The molecule has 1 aliphatic rings. The molecule has 0 saturated heterocycles. The lowest BCUT2D eigenvalue weighted by atomic mass is 10.1. The van der Waals surface area contributed by atoms with Crippen LogP contribution in [0.4, 0.5) is 21.6 Å². The molecule has 0 aliphatic carbocycles. The van der Waals surface area contributed by atoms with E-state index in [9.17, 15) is 9.18 Å². The highest BCUT2D eigenvalue weighted by Crippen LogP contribution is 2.37. The summed E-state index contributed by atoms with van der Waals surface area (Å²) in [5.74, 6) is 0.205. The Hall–Kier alpha value is -4.30. The first-order valence-corrected chi connectivity index (χ1v) is 9.88. The molecule has 1 unspecified atom stereocenters. The molecule has 0 fully saturated rings. The number of carbonyl (C=O) groups excluding carboxylic acids is 1. The van der Waals surface area contributed by atoms with Gasteiger partial charge in [0.15, 0.2) is 0 Å². The second kappa shape index (κ2) is 8.09. The molecule has 2 aromatic carbocycles. The Bertz CT molecular complexity index is 1300. The van der Waals surface area contributed by atoms with E-state index in [1.807, 2.05) is 29.2 Å². The van der Waals surface area contributed by atoms with Crippen molar-refractivity contribution >= 4 is 29.0 Å². The SMILES string of the molecule is NC1c2ccoc2N=C(c2cccnc2)N1c1ccc(NC(=O)c2cccc(F)c2)cc1. The number of amides is 1. The number of carbonyl (C=O) groups is 1. The maximum atomic E-state index is 13.4. The van der Waals surface area contributed by atoms with Gasteiger partial charge in [-0.2, -0.15) is 4.99 Å². The first-order chi connectivity index (χ1) is 15.6. The van der Waals surface area contributed by atoms with E-state index < -0.39 is 17.9 Å². The van der Waals surface area contributed by atoms with Gasteiger partial charge in [0.05, 0.1) is 11.8 Å². The van der Waals surface area contributed by atoms with Crippen LogP contribution in [0.3, 0.4) is 0 Å². The van der Waals surface area contributed by atoms with E-state index in [1.165, 1.54) is 18.2 Å². The van der Waals surface area contributed by atoms with Crippen molar-refractivity contribution in [3.05, 3.63) is 108 Å². The molecular formula is C24H18FN5O2. The summed E-state index contributed by atoms with van der Waals surface area (Å²) in [7, 11) is 0. The van der Waals surface area contributed by atoms with E-state index in [2.05, 4.69) is 15.3 Å². The van der Waals surface area contributed by atoms with Gasteiger partial charge in [-0.15, -0.1) is 0 Å². The van der Waals surface area contributed by atoms with Gasteiger partial charge in [-0.25, -0.2) is 4.39 Å². The summed E-state index contributed by atoms with van der Waals surface area (Å²) in [6.45, 7) is 0. The molecule has 0 radical (unpaired) electrons. The van der Waals surface area contributed by atoms with Crippen molar-refractivity contribution in [1.29, 1.82) is 0 Å². The Morgan fingerprint density at radius 3 is 2.69 bits per heavy atom. The van der Waals surface area contributed by atoms with Crippen molar-refractivity contribution in [1.82, 2.24) is 4.98 Å². The average molecular weight is 427 g/mol. The lowest BCUT2D eigenvalue weighted by Gasteiger charge is -2.34. The van der Waals surface area contributed by atoms with Gasteiger partial charge in [0, 0.05) is 34.9 Å². The van der Waals surface area contributed by atoms with E-state index in [-0.39, 0.29) is 5.56 Å². The van der Waals surface area contributed by atoms with Crippen LogP contribution in [0, 0.1) is 5.82 Å². The zero-order valence-corrected chi connectivity index (χ0v) is 16.8. The fourth-order valence-corrected chi connectivity index (χ4v) is 3.57. The Morgan fingerprint density at radius 2 is 1.94 bits per heavy atom. The van der Waals surface area contributed by atoms with Gasteiger partial charge in [-0.05, 0) is 60.7 Å². The minimum absolute atomic E-state index is 0.241. The molecule has 1 aliphatic heterocycles. The number of anilines is 2. The maximum Gasteiger partial charge on any atom is 0.255 e. The predicted octanol–water partition coefficient (Wildman–Crippen LogP) is 4.62. The van der Waals surface area contributed by atoms with E-state index >= 15 is 0 Å². The number of benzene rings is 2. The Labute approximate surface area is 183 Å². The lowest BCUT2D eigenvalue weighted by Crippen LogP contribution is -2.42. The number of aromatic nitrogens is 1. The van der Waals surface area contributed by atoms with Gasteiger partial charge >= 0.3 is 0 Å². The van der Waals surface area contributed by atoms with Gasteiger partial charge in [-0.1, -0.05) is 6.07 Å². The fraction of sp³-hybridized carbons (Fsp3) is 0.0417. The number of nitrogens with one attached hydrogen (secondary N) is 1. The number of nitrogens with two attached hydrogens (primary N) is 1. The van der Waals surface area contributed by atoms with Gasteiger partial charge in [-0.3, -0.25) is 9.78 Å². The largest absolute Gasteiger partial charge is 0.446 e. The Balaban J connectivity index is 1.45. The van der Waals surface area contributed by atoms with Gasteiger partial charge < -0.3 is 20.4 Å². The monoisotopic (exact) mass is 427 g/mol. The summed E-state index contributed by atoms with van der Waals surface area (Å²) in [5, 5.41) is 2.77. The summed E-state index contributed by atoms with van der Waals surface area (Å²) in [5.41, 5.74) is 9.70. The number of furan rings is 1. The normalized spacial score (nSPS) is 15.1. The topological polar surface area (TPSA) is 96.8 Å². The summed E-state index contributed by atoms with van der Waals surface area (Å²) in [4.78, 5) is 23.1. The lowest BCUT2D eigenvalue weighted by molar-refractivity contribution is 0.102. The number of fused-ring (bicyclic) bond motifs is 1. The number of hydrogen-bond donors (Lipinski definition) is 2. The molecule has 1 amide bonds. The fourth-order valence-electron chi connectivity index (χ4n) is 3.57. The molecule has 1 atom stereocenters. The van der Waals surface area contributed by atoms with Crippen molar-refractivity contribution in [3.8, 4) is 0 Å². The zero-order chi connectivity index (χ0) is 22.1. The van der Waals surface area contributed by atoms with E-state index in [1.54, 1.807) is 42.9 Å². The number of hydrogen-bond acceptors (Lipinski definition) is 6. The molecule has 7 nitrogen and oxygen atoms in total. The maximum absolute atomic E-state index is 13.4. The second-order valence-electron chi connectivity index (χ2n) is 7.18. The van der Waals surface area contributed by atoms with Crippen molar-refractivity contribution in [2.75, 3.05) is 10.2 Å². The molecule has 32 heavy (non-hydrogen) atoms. The first-order valence-electron chi connectivity index (χ1n) is 9.88. The van der Waals surface area contributed by atoms with Crippen molar-refractivity contribution < 1.29 is 13.6 Å². The van der Waals surface area contributed by atoms with Crippen molar-refractivity contribution in [2.45, 2.75) is 6.17 Å². The van der Waals surface area contributed by atoms with E-state index in [0.29, 0.717) is 17.4 Å². The van der Waals surface area contributed by atoms with Gasteiger partial charge in [0.2, 0.25) is 5.88 Å². The molecule has 5 rings (SSSR count). The third-order valence-electron chi connectivity index (χ3n) is 5.12. The summed E-state index contributed by atoms with van der Waals surface area (Å²) >= 11 is 0. The third-order valence-corrected chi connectivity index (χ3v) is 5.12. The van der Waals surface area contributed by atoms with Crippen LogP contribution in [0.1, 0.15) is 27.7 Å². The molecule has 158 valence electrons. The molecule has 0 spiro atoms. The van der Waals surface area contributed by atoms with Crippen molar-refractivity contribution in [2.24, 2.45) is 10.7 Å². The molecule has 8 heteroatoms. The van der Waals surface area contributed by atoms with E-state index in [4.69, 9.17) is 10.2 Å². The summed E-state index contributed by atoms with van der Waals surface area (Å²) in [6.07, 6.45) is 4.43. The molecule has 2 aromatic heterocycles. The van der Waals surface area contributed by atoms with Crippen LogP contribution < -0.4 is 16.0 Å². The first kappa shape index (κ1) is 19.7. The van der Waals surface area contributed by atoms with E-state index in [0.717, 1.165) is 16.8 Å². The van der Waals surface area contributed by atoms with Crippen LogP contribution in [0.2, 0.25) is 0 Å². The Morgan fingerprint density at radius 1 is 1.09 bits per heavy atom. The minimum Gasteiger partial charge on any atom is -0.446 e. The molecule has 0 saturated carbocycles. The standard InChI is InChI=1S/C24H18FN5O2/c25-17-5-1-3-15(13-17)23(31)28-18-6-8-19(9-7-18)30-21(26)20-10-12-32-24(20)29-22(30)16-4-2-11-27-14-16/h1-14,21H,26H2,(H,28,31). The third kappa shape index (κ3) is 3.63. The summed E-state index contributed by atoms with van der Waals surface area (Å²) < 4.78 is 18.9. The zero-order valence-electron chi connectivity index (χ0n) is 16.8. The van der Waals surface area contributed by atoms with Crippen LogP contribution in [0.15, 0.2) is 94.8 Å². The predicted molar refractivity (Wildman–Crippen MR) is 119 cm³/mol. The second-order valence-corrected chi connectivity index (χ2v) is 7.18. The highest BCUT2D eigenvalue weighted by atomic mass is 19.1. The molecule has 3 heterocycles. The van der Waals surface area contributed by atoms with Crippen LogP contribution in [0.25, 0.3) is 0 Å². The average Bonchev–Trinajstić information content (AvgIpc) is 3.29. The Kier molecular flexibility index (Phi) is 4.97. The van der Waals surface area contributed by atoms with Crippen LogP contribution in [-0.4, -0.2) is 16.7 Å². The number of pyridine rings is 1. The molecule has 0 bridgehead atoms. The summed E-state index contributed by atoms with van der Waals surface area (Å²) in [6, 6.07) is 18.2. The number of nitrogens with zero attached hydrogens (tertiary/aromatic N) is 3. The minimum atomic E-state index is -0.524. The van der Waals surface area contributed by atoms with Crippen molar-refractivity contribution in [3.63, 3.8) is 0 Å². The molecular weight excluding hydrogens is 409 g/mol. The number of rotatable bonds is 4. The highest BCUT2D eigenvalue weighted by Gasteiger charge is 2.31. The number of halogens is 1. The number of aliphatic imine (C=N–C) groups is 1. The molecule has 3 N–H and O–H groups in total. The quantitative estimate of drug-likeness (QED) is 0.495. The number of amidine groups is 1. The molecule has 4 aromatic rings. The van der Waals surface area contributed by atoms with Crippen LogP contribution >= 0.6 is 0 Å². The van der Waals surface area contributed by atoms with Crippen LogP contribution in [0.5, 0.6) is 0 Å². The highest BCUT2D eigenvalue weighted by molar-refractivity contribution is 6.12.